The Bertz CT molecular complexity index is 406. The van der Waals surface area contributed by atoms with Crippen LogP contribution in [-0.2, 0) is 6.42 Å². The van der Waals surface area contributed by atoms with Crippen molar-refractivity contribution >= 4 is 0 Å². The van der Waals surface area contributed by atoms with Gasteiger partial charge in [0.2, 0.25) is 0 Å². The lowest BCUT2D eigenvalue weighted by atomic mass is 9.94. The summed E-state index contributed by atoms with van der Waals surface area (Å²) >= 11 is 0. The van der Waals surface area contributed by atoms with Crippen LogP contribution in [0.5, 0.6) is 5.75 Å². The van der Waals surface area contributed by atoms with Crippen molar-refractivity contribution in [2.75, 3.05) is 13.7 Å². The van der Waals surface area contributed by atoms with Crippen LogP contribution < -0.4 is 10.1 Å². The average molecular weight is 233 g/mol. The summed E-state index contributed by atoms with van der Waals surface area (Å²) in [5.41, 5.74) is 5.35. The molecule has 94 valence electrons. The minimum Gasteiger partial charge on any atom is -0.496 e. The lowest BCUT2D eigenvalue weighted by molar-refractivity contribution is 0.402. The molecule has 0 bridgehead atoms. The normalized spacial score (nSPS) is 19.6. The molecule has 1 aromatic carbocycles. The highest BCUT2D eigenvalue weighted by Gasteiger charge is 2.19. The van der Waals surface area contributed by atoms with Crippen molar-refractivity contribution in [3.63, 3.8) is 0 Å². The molecule has 1 N–H and O–H groups in total. The molecule has 2 nitrogen and oxygen atoms in total. The predicted molar refractivity (Wildman–Crippen MR) is 71.9 cm³/mol. The van der Waals surface area contributed by atoms with Crippen LogP contribution in [0.2, 0.25) is 0 Å². The van der Waals surface area contributed by atoms with Crippen LogP contribution in [0, 0.1) is 20.8 Å². The van der Waals surface area contributed by atoms with E-state index >= 15 is 0 Å². The van der Waals surface area contributed by atoms with E-state index in [0.717, 1.165) is 18.7 Å². The van der Waals surface area contributed by atoms with E-state index in [1.807, 2.05) is 0 Å². The van der Waals surface area contributed by atoms with Crippen LogP contribution in [0.3, 0.4) is 0 Å². The van der Waals surface area contributed by atoms with Gasteiger partial charge in [0.15, 0.2) is 0 Å². The van der Waals surface area contributed by atoms with Gasteiger partial charge in [0.05, 0.1) is 7.11 Å². The van der Waals surface area contributed by atoms with E-state index < -0.39 is 0 Å². The molecule has 1 aliphatic heterocycles. The van der Waals surface area contributed by atoms with Gasteiger partial charge in [-0.1, -0.05) is 6.07 Å². The molecule has 17 heavy (non-hydrogen) atoms. The molecular formula is C15H23NO. The zero-order chi connectivity index (χ0) is 12.4. The Morgan fingerprint density at radius 3 is 2.65 bits per heavy atom. The van der Waals surface area contributed by atoms with Crippen LogP contribution >= 0.6 is 0 Å². The number of aryl methyl sites for hydroxylation is 2. The zero-order valence-corrected chi connectivity index (χ0v) is 11.4. The maximum atomic E-state index is 5.62. The molecular weight excluding hydrogens is 210 g/mol. The summed E-state index contributed by atoms with van der Waals surface area (Å²) in [4.78, 5) is 0. The molecule has 0 spiro atoms. The van der Waals surface area contributed by atoms with E-state index in [2.05, 4.69) is 32.2 Å². The van der Waals surface area contributed by atoms with Gasteiger partial charge in [0.1, 0.15) is 5.75 Å². The van der Waals surface area contributed by atoms with Crippen LogP contribution in [0.25, 0.3) is 0 Å². The second kappa shape index (κ2) is 5.09. The van der Waals surface area contributed by atoms with Crippen molar-refractivity contribution in [3.05, 3.63) is 28.3 Å². The van der Waals surface area contributed by atoms with Crippen molar-refractivity contribution in [2.45, 2.75) is 46.1 Å². The molecule has 1 fully saturated rings. The van der Waals surface area contributed by atoms with Gasteiger partial charge in [-0.15, -0.1) is 0 Å². The molecule has 0 aromatic heterocycles. The zero-order valence-electron chi connectivity index (χ0n) is 11.4. The average Bonchev–Trinajstić information content (AvgIpc) is 2.79. The highest BCUT2D eigenvalue weighted by molar-refractivity contribution is 5.50. The predicted octanol–water partition coefficient (Wildman–Crippen LogP) is 2.91. The Morgan fingerprint density at radius 2 is 2.06 bits per heavy atom. The summed E-state index contributed by atoms with van der Waals surface area (Å²) < 4.78 is 5.62. The number of ether oxygens (including phenoxy) is 1. The van der Waals surface area contributed by atoms with Crippen LogP contribution in [-0.4, -0.2) is 19.7 Å². The van der Waals surface area contributed by atoms with Crippen LogP contribution in [0.4, 0.5) is 0 Å². The Labute approximate surface area is 104 Å². The minimum absolute atomic E-state index is 0.629. The smallest absolute Gasteiger partial charge is 0.125 e. The van der Waals surface area contributed by atoms with Gasteiger partial charge in [-0.25, -0.2) is 0 Å². The third-order valence-corrected chi connectivity index (χ3v) is 3.93. The quantitative estimate of drug-likeness (QED) is 0.866. The summed E-state index contributed by atoms with van der Waals surface area (Å²) in [6.45, 7) is 7.66. The first-order valence-electron chi connectivity index (χ1n) is 6.50. The van der Waals surface area contributed by atoms with Crippen molar-refractivity contribution in [1.29, 1.82) is 0 Å². The lowest BCUT2D eigenvalue weighted by Crippen LogP contribution is -2.24. The maximum absolute atomic E-state index is 5.62. The van der Waals surface area contributed by atoms with Crippen molar-refractivity contribution in [3.8, 4) is 5.75 Å². The van der Waals surface area contributed by atoms with E-state index in [1.54, 1.807) is 7.11 Å². The highest BCUT2D eigenvalue weighted by atomic mass is 16.5. The Kier molecular flexibility index (Phi) is 3.72. The monoisotopic (exact) mass is 233 g/mol. The topological polar surface area (TPSA) is 21.3 Å². The maximum Gasteiger partial charge on any atom is 0.125 e. The van der Waals surface area contributed by atoms with E-state index in [1.165, 1.54) is 35.1 Å². The molecule has 1 aromatic rings. The van der Waals surface area contributed by atoms with Gasteiger partial charge >= 0.3 is 0 Å². The van der Waals surface area contributed by atoms with E-state index in [-0.39, 0.29) is 0 Å². The number of hydrogen-bond acceptors (Lipinski definition) is 2. The molecule has 2 heteroatoms. The first-order valence-corrected chi connectivity index (χ1v) is 6.50. The summed E-state index contributed by atoms with van der Waals surface area (Å²) in [6, 6.07) is 2.91. The molecule has 1 atom stereocenters. The standard InChI is InChI=1S/C15H23NO/c1-10-8-11(2)14(15(17-4)12(10)3)9-13-6-5-7-16-13/h8,13,16H,5-7,9H2,1-4H3. The molecule has 2 rings (SSSR count). The van der Waals surface area contributed by atoms with Gasteiger partial charge in [-0.2, -0.15) is 0 Å². The largest absolute Gasteiger partial charge is 0.496 e. The minimum atomic E-state index is 0.629. The van der Waals surface area contributed by atoms with E-state index in [0.29, 0.717) is 6.04 Å². The summed E-state index contributed by atoms with van der Waals surface area (Å²) in [7, 11) is 1.78. The van der Waals surface area contributed by atoms with Gasteiger partial charge in [0.25, 0.3) is 0 Å². The van der Waals surface area contributed by atoms with Crippen LogP contribution in [0.15, 0.2) is 6.07 Å². The van der Waals surface area contributed by atoms with Crippen molar-refractivity contribution in [1.82, 2.24) is 5.32 Å². The fourth-order valence-electron chi connectivity index (χ4n) is 2.81. The van der Waals surface area contributed by atoms with Crippen LogP contribution in [0.1, 0.15) is 35.1 Å². The third kappa shape index (κ3) is 2.47. The van der Waals surface area contributed by atoms with E-state index in [9.17, 15) is 0 Å². The number of hydrogen-bond donors (Lipinski definition) is 1. The summed E-state index contributed by atoms with van der Waals surface area (Å²) in [5, 5.41) is 3.56. The number of methoxy groups -OCH3 is 1. The van der Waals surface area contributed by atoms with Crippen molar-refractivity contribution in [2.24, 2.45) is 0 Å². The first-order chi connectivity index (χ1) is 8.13. The Hall–Kier alpha value is -1.02. The van der Waals surface area contributed by atoms with Gasteiger partial charge < -0.3 is 10.1 Å². The fraction of sp³-hybridized carbons (Fsp3) is 0.600. The first kappa shape index (κ1) is 12.4. The number of benzene rings is 1. The number of nitrogens with one attached hydrogen (secondary N) is 1. The summed E-state index contributed by atoms with van der Waals surface area (Å²) in [6.07, 6.45) is 3.68. The molecule has 0 aliphatic carbocycles. The lowest BCUT2D eigenvalue weighted by Gasteiger charge is -2.19. The molecule has 1 heterocycles. The molecule has 1 saturated heterocycles. The van der Waals surface area contributed by atoms with Gasteiger partial charge in [-0.3, -0.25) is 0 Å². The third-order valence-electron chi connectivity index (χ3n) is 3.93. The van der Waals surface area contributed by atoms with Gasteiger partial charge in [-0.05, 0) is 68.8 Å². The van der Waals surface area contributed by atoms with Crippen molar-refractivity contribution < 1.29 is 4.74 Å². The SMILES string of the molecule is COc1c(C)c(C)cc(C)c1CC1CCCN1. The fourth-order valence-corrected chi connectivity index (χ4v) is 2.81. The molecule has 1 aliphatic rings. The second-order valence-corrected chi connectivity index (χ2v) is 5.14. The highest BCUT2D eigenvalue weighted by Crippen LogP contribution is 2.31. The molecule has 1 unspecified atom stereocenters. The van der Waals surface area contributed by atoms with E-state index in [4.69, 9.17) is 4.74 Å². The number of rotatable bonds is 3. The van der Waals surface area contributed by atoms with Gasteiger partial charge in [0, 0.05) is 6.04 Å². The Balaban J connectivity index is 2.33. The second-order valence-electron chi connectivity index (χ2n) is 5.14. The summed E-state index contributed by atoms with van der Waals surface area (Å²) in [5.74, 6) is 1.09. The molecule has 0 saturated carbocycles. The Morgan fingerprint density at radius 1 is 1.29 bits per heavy atom. The molecule has 0 amide bonds. The molecule has 0 radical (unpaired) electrons.